The third kappa shape index (κ3) is 3.96. The van der Waals surface area contributed by atoms with E-state index < -0.39 is 0 Å². The lowest BCUT2D eigenvalue weighted by molar-refractivity contribution is 0.966. The highest BCUT2D eigenvalue weighted by Gasteiger charge is 2.09. The fraction of sp³-hybridized carbons (Fsp3) is 0.176. The van der Waals surface area contributed by atoms with Gasteiger partial charge in [0.05, 0.1) is 17.9 Å². The third-order valence-corrected chi connectivity index (χ3v) is 4.41. The number of nitrogens with two attached hydrogens (primary N) is 1. The van der Waals surface area contributed by atoms with Crippen LogP contribution in [0.25, 0.3) is 5.70 Å². The number of aromatic nitrogens is 1. The van der Waals surface area contributed by atoms with Crippen molar-refractivity contribution >= 4 is 27.9 Å². The number of benzene rings is 1. The number of nitrogens with one attached hydrogen (secondary N) is 1. The molecule has 22 heavy (non-hydrogen) atoms. The fourth-order valence-electron chi connectivity index (χ4n) is 2.09. The Kier molecular flexibility index (Phi) is 5.35. The number of rotatable bonds is 6. The molecule has 0 fully saturated rings. The predicted octanol–water partition coefficient (Wildman–Crippen LogP) is 3.08. The van der Waals surface area contributed by atoms with Crippen LogP contribution in [-0.4, -0.2) is 17.1 Å². The highest BCUT2D eigenvalue weighted by molar-refractivity contribution is 8.14. The van der Waals surface area contributed by atoms with Gasteiger partial charge in [-0.05, 0) is 43.0 Å². The van der Waals surface area contributed by atoms with Gasteiger partial charge in [-0.1, -0.05) is 24.6 Å². The monoisotopic (exact) mass is 314 g/mol. The van der Waals surface area contributed by atoms with E-state index in [0.717, 1.165) is 17.8 Å². The van der Waals surface area contributed by atoms with E-state index in [1.54, 1.807) is 6.20 Å². The van der Waals surface area contributed by atoms with Crippen molar-refractivity contribution in [2.45, 2.75) is 13.5 Å². The van der Waals surface area contributed by atoms with Gasteiger partial charge in [-0.3, -0.25) is 10.8 Å². The minimum atomic E-state index is -0.135. The van der Waals surface area contributed by atoms with E-state index in [1.807, 2.05) is 12.1 Å². The molecule has 1 aromatic carbocycles. The molecule has 4 nitrogen and oxygen atoms in total. The Morgan fingerprint density at radius 1 is 1.36 bits per heavy atom. The van der Waals surface area contributed by atoms with E-state index in [4.69, 9.17) is 5.84 Å². The quantitative estimate of drug-likeness (QED) is 0.489. The van der Waals surface area contributed by atoms with Crippen molar-refractivity contribution in [3.63, 3.8) is 0 Å². The molecule has 3 N–H and O–H groups in total. The smallest absolute Gasteiger partial charge is 0.0713 e. The van der Waals surface area contributed by atoms with Crippen molar-refractivity contribution in [3.05, 3.63) is 66.0 Å². The number of pyridine rings is 1. The normalized spacial score (nSPS) is 11.8. The van der Waals surface area contributed by atoms with Crippen LogP contribution in [-0.2, 0) is 6.54 Å². The van der Waals surface area contributed by atoms with Crippen LogP contribution in [0.15, 0.2) is 49.2 Å². The van der Waals surface area contributed by atoms with Crippen LogP contribution in [0.5, 0.6) is 0 Å². The molecule has 0 amide bonds. The summed E-state index contributed by atoms with van der Waals surface area (Å²) in [5.41, 5.74) is 7.47. The highest BCUT2D eigenvalue weighted by Crippen LogP contribution is 2.27. The van der Waals surface area contributed by atoms with Crippen molar-refractivity contribution < 1.29 is 0 Å². The van der Waals surface area contributed by atoms with Crippen LogP contribution in [0.2, 0.25) is 0 Å². The summed E-state index contributed by atoms with van der Waals surface area (Å²) in [4.78, 5) is 4.50. The minimum absolute atomic E-state index is 0.135. The molecule has 5 heteroatoms. The van der Waals surface area contributed by atoms with Crippen molar-refractivity contribution in [3.8, 4) is 0 Å². The number of aryl methyl sites for hydroxylation is 1. The summed E-state index contributed by atoms with van der Waals surface area (Å²) in [5.74, 6) is 9.55. The molecular formula is C17H22N4S. The molecule has 1 aromatic heterocycles. The Balaban J connectivity index is 2.22. The van der Waals surface area contributed by atoms with Crippen LogP contribution in [0.4, 0.5) is 5.69 Å². The second-order valence-corrected chi connectivity index (χ2v) is 6.78. The lowest BCUT2D eigenvalue weighted by Crippen LogP contribution is -2.19. The Labute approximate surface area is 134 Å². The Bertz CT molecular complexity index is 679. The van der Waals surface area contributed by atoms with Crippen LogP contribution >= 0.6 is 10.7 Å². The topological polar surface area (TPSA) is 54.2 Å². The third-order valence-electron chi connectivity index (χ3n) is 3.32. The standard InChI is InChI=1S/C17H22N4S/c1-13-6-5-7-17(10-13)21(22(3)4)12-16-9-8-15(11-19-16)14(2)20-18/h5-11,20H,2-3,12,18H2,1,4H3. The molecule has 0 spiro atoms. The number of nitrogens with zero attached hydrogens (tertiary/aromatic N) is 2. The lowest BCUT2D eigenvalue weighted by atomic mass is 10.2. The summed E-state index contributed by atoms with van der Waals surface area (Å²) in [6.45, 7) is 6.64. The minimum Gasteiger partial charge on any atom is -0.324 e. The van der Waals surface area contributed by atoms with Crippen molar-refractivity contribution in [1.29, 1.82) is 0 Å². The first kappa shape index (κ1) is 16.3. The molecule has 0 saturated carbocycles. The van der Waals surface area contributed by atoms with Crippen LogP contribution in [0.3, 0.4) is 0 Å². The van der Waals surface area contributed by atoms with Gasteiger partial charge < -0.3 is 9.73 Å². The molecule has 1 heterocycles. The second-order valence-electron chi connectivity index (χ2n) is 5.14. The van der Waals surface area contributed by atoms with E-state index in [2.05, 4.69) is 64.6 Å². The average Bonchev–Trinajstić information content (AvgIpc) is 2.52. The van der Waals surface area contributed by atoms with Gasteiger partial charge in [0.2, 0.25) is 0 Å². The molecular weight excluding hydrogens is 292 g/mol. The molecule has 2 aromatic rings. The fourth-order valence-corrected chi connectivity index (χ4v) is 2.92. The molecule has 0 radical (unpaired) electrons. The first-order valence-corrected chi connectivity index (χ1v) is 8.68. The van der Waals surface area contributed by atoms with E-state index in [1.165, 1.54) is 11.3 Å². The molecule has 0 bridgehead atoms. The zero-order valence-electron chi connectivity index (χ0n) is 13.0. The first-order valence-electron chi connectivity index (χ1n) is 6.92. The van der Waals surface area contributed by atoms with Crippen molar-refractivity contribution in [2.75, 3.05) is 10.6 Å². The maximum absolute atomic E-state index is 5.36. The SMILES string of the molecule is C=C(NN)c1ccc(CN(c2cccc(C)c2)S(=C)C)nc1. The second kappa shape index (κ2) is 7.24. The van der Waals surface area contributed by atoms with Gasteiger partial charge in [-0.25, -0.2) is 0 Å². The van der Waals surface area contributed by atoms with Gasteiger partial charge in [0.15, 0.2) is 0 Å². The summed E-state index contributed by atoms with van der Waals surface area (Å²) < 4.78 is 2.25. The number of hydrogen-bond donors (Lipinski definition) is 2. The first-order chi connectivity index (χ1) is 10.5. The molecule has 1 atom stereocenters. The Morgan fingerprint density at radius 2 is 2.14 bits per heavy atom. The largest absolute Gasteiger partial charge is 0.324 e. The summed E-state index contributed by atoms with van der Waals surface area (Å²) in [5, 5.41) is 0. The van der Waals surface area contributed by atoms with E-state index in [0.29, 0.717) is 5.70 Å². The molecule has 0 aliphatic rings. The van der Waals surface area contributed by atoms with Crippen molar-refractivity contribution in [2.24, 2.45) is 5.84 Å². The lowest BCUT2D eigenvalue weighted by Gasteiger charge is -2.25. The molecule has 116 valence electrons. The number of anilines is 1. The van der Waals surface area contributed by atoms with E-state index >= 15 is 0 Å². The van der Waals surface area contributed by atoms with Gasteiger partial charge in [-0.15, -0.1) is 10.7 Å². The van der Waals surface area contributed by atoms with Gasteiger partial charge in [0.1, 0.15) is 0 Å². The van der Waals surface area contributed by atoms with E-state index in [9.17, 15) is 0 Å². The van der Waals surface area contributed by atoms with Crippen LogP contribution < -0.4 is 15.6 Å². The van der Waals surface area contributed by atoms with Gasteiger partial charge in [0, 0.05) is 17.4 Å². The highest BCUT2D eigenvalue weighted by atomic mass is 32.2. The van der Waals surface area contributed by atoms with Gasteiger partial charge in [0.25, 0.3) is 0 Å². The van der Waals surface area contributed by atoms with Gasteiger partial charge in [-0.2, -0.15) is 0 Å². The van der Waals surface area contributed by atoms with E-state index in [-0.39, 0.29) is 10.7 Å². The summed E-state index contributed by atoms with van der Waals surface area (Å²) in [7, 11) is -0.135. The molecule has 0 saturated heterocycles. The molecule has 2 rings (SSSR count). The molecule has 1 unspecified atom stereocenters. The summed E-state index contributed by atoms with van der Waals surface area (Å²) >= 11 is 0. The average molecular weight is 314 g/mol. The van der Waals surface area contributed by atoms with Gasteiger partial charge >= 0.3 is 0 Å². The summed E-state index contributed by atoms with van der Waals surface area (Å²) in [6, 6.07) is 12.4. The zero-order chi connectivity index (χ0) is 16.1. The number of hydrazine groups is 1. The Morgan fingerprint density at radius 3 is 2.68 bits per heavy atom. The maximum Gasteiger partial charge on any atom is 0.0713 e. The van der Waals surface area contributed by atoms with Crippen molar-refractivity contribution in [1.82, 2.24) is 10.4 Å². The number of hydrogen-bond acceptors (Lipinski definition) is 4. The predicted molar refractivity (Wildman–Crippen MR) is 98.6 cm³/mol. The molecule has 0 aliphatic heterocycles. The Hall–Kier alpha value is -2.11. The van der Waals surface area contributed by atoms with Crippen LogP contribution in [0.1, 0.15) is 16.8 Å². The maximum atomic E-state index is 5.36. The summed E-state index contributed by atoms with van der Waals surface area (Å²) in [6.07, 6.45) is 3.89. The van der Waals surface area contributed by atoms with Crippen LogP contribution in [0, 0.1) is 6.92 Å². The molecule has 0 aliphatic carbocycles. The zero-order valence-corrected chi connectivity index (χ0v) is 13.9.